The molecule has 20 heteroatoms. The molecule has 0 bridgehead atoms. The van der Waals surface area contributed by atoms with Gasteiger partial charge in [0.2, 0.25) is 0 Å². The molecule has 3 aliphatic rings. The van der Waals surface area contributed by atoms with Gasteiger partial charge in [0.05, 0.1) is 21.2 Å². The summed E-state index contributed by atoms with van der Waals surface area (Å²) in [7, 11) is 1.67. The summed E-state index contributed by atoms with van der Waals surface area (Å²) in [5.74, 6) is -4.96. The number of ether oxygens (including phenoxy) is 2. The van der Waals surface area contributed by atoms with Crippen LogP contribution in [-0.4, -0.2) is 104 Å². The number of fused-ring (bicyclic) bond motifs is 3. The Labute approximate surface area is 311 Å². The van der Waals surface area contributed by atoms with Gasteiger partial charge in [0.15, 0.2) is 11.6 Å². The van der Waals surface area contributed by atoms with Crippen LogP contribution in [-0.2, 0) is 4.79 Å². The molecule has 3 fully saturated rings. The first-order valence-electron chi connectivity index (χ1n) is 16.8. The molecular formula is C34H30F5N9O4S2. The molecule has 3 atom stereocenters. The third kappa shape index (κ3) is 6.44. The number of nitrogens with two attached hydrogens (primary N) is 1. The number of halogens is 5. The Hall–Kier alpha value is -5.08. The molecule has 54 heavy (non-hydrogen) atoms. The number of aromatic nitrogens is 5. The van der Waals surface area contributed by atoms with Gasteiger partial charge in [0, 0.05) is 69.1 Å². The number of likely N-dealkylation sites (tertiary alicyclic amines) is 1. The van der Waals surface area contributed by atoms with Gasteiger partial charge in [0.25, 0.3) is 11.1 Å². The van der Waals surface area contributed by atoms with Crippen LogP contribution in [0, 0.1) is 17.5 Å². The number of alkyl halides is 1. The van der Waals surface area contributed by atoms with E-state index >= 15 is 8.78 Å². The molecule has 13 nitrogen and oxygen atoms in total. The van der Waals surface area contributed by atoms with E-state index in [1.807, 2.05) is 4.90 Å². The third-order valence-corrected chi connectivity index (χ3v) is 11.8. The van der Waals surface area contributed by atoms with Gasteiger partial charge in [-0.3, -0.25) is 14.7 Å². The summed E-state index contributed by atoms with van der Waals surface area (Å²) in [6.07, 6.45) is 3.72. The van der Waals surface area contributed by atoms with Gasteiger partial charge < -0.3 is 25.0 Å². The molecule has 0 aliphatic carbocycles. The van der Waals surface area contributed by atoms with Gasteiger partial charge in [-0.2, -0.15) is 9.97 Å². The first-order valence-corrected chi connectivity index (χ1v) is 18.5. The number of rotatable bonds is 9. The SMILES string of the molecule is CN(c1nc(OC[C@@]23CCCN2CC(F)C3)nc2c(F)c(-c3c(F)cc(F)c4sc(OC(N)=O)nc34)ncc12)[C@@H]1CCN(C(=O)/C(F)=C/c2nccs2)C1. The van der Waals surface area contributed by atoms with Crippen molar-refractivity contribution < 1.29 is 41.0 Å². The van der Waals surface area contributed by atoms with E-state index in [1.165, 1.54) is 28.6 Å². The smallest absolute Gasteiger partial charge is 0.411 e. The highest BCUT2D eigenvalue weighted by Crippen LogP contribution is 2.42. The van der Waals surface area contributed by atoms with Crippen LogP contribution in [0.5, 0.6) is 11.2 Å². The van der Waals surface area contributed by atoms with Crippen molar-refractivity contribution >= 4 is 67.7 Å². The van der Waals surface area contributed by atoms with E-state index in [-0.39, 0.29) is 65.6 Å². The summed E-state index contributed by atoms with van der Waals surface area (Å²) in [5.41, 5.74) is 2.71. The average molecular weight is 788 g/mol. The number of likely N-dealkylation sites (N-methyl/N-ethyl adjacent to an activating group) is 1. The van der Waals surface area contributed by atoms with E-state index in [0.29, 0.717) is 41.8 Å². The Balaban J connectivity index is 1.18. The van der Waals surface area contributed by atoms with Gasteiger partial charge >= 0.3 is 12.1 Å². The first-order chi connectivity index (χ1) is 25.9. The first kappa shape index (κ1) is 35.9. The Morgan fingerprint density at radius 3 is 2.74 bits per heavy atom. The molecule has 1 aromatic carbocycles. The van der Waals surface area contributed by atoms with Crippen molar-refractivity contribution in [1.29, 1.82) is 0 Å². The highest BCUT2D eigenvalue weighted by Gasteiger charge is 2.49. The summed E-state index contributed by atoms with van der Waals surface area (Å²) in [4.78, 5) is 50.6. The lowest BCUT2D eigenvalue weighted by atomic mass is 9.95. The van der Waals surface area contributed by atoms with Crippen LogP contribution in [0.15, 0.2) is 29.7 Å². The molecule has 8 rings (SSSR count). The summed E-state index contributed by atoms with van der Waals surface area (Å²) < 4.78 is 87.3. The third-order valence-electron chi connectivity index (χ3n) is 10.1. The predicted molar refractivity (Wildman–Crippen MR) is 189 cm³/mol. The second kappa shape index (κ2) is 14.0. The molecule has 7 heterocycles. The molecule has 4 aromatic heterocycles. The largest absolute Gasteiger partial charge is 0.461 e. The van der Waals surface area contributed by atoms with E-state index in [0.717, 1.165) is 12.5 Å². The molecule has 3 saturated heterocycles. The quantitative estimate of drug-likeness (QED) is 0.146. The zero-order chi connectivity index (χ0) is 37.9. The van der Waals surface area contributed by atoms with E-state index in [9.17, 15) is 22.8 Å². The van der Waals surface area contributed by atoms with Crippen LogP contribution in [0.25, 0.3) is 38.5 Å². The summed E-state index contributed by atoms with van der Waals surface area (Å²) >= 11 is 1.75. The zero-order valence-electron chi connectivity index (χ0n) is 28.4. The maximum atomic E-state index is 16.8. The lowest BCUT2D eigenvalue weighted by Gasteiger charge is -2.31. The fourth-order valence-electron chi connectivity index (χ4n) is 7.57. The number of hydrogen-bond donors (Lipinski definition) is 1. The number of hydrogen-bond acceptors (Lipinski definition) is 13. The average Bonchev–Trinajstić information content (AvgIpc) is 3.97. The summed E-state index contributed by atoms with van der Waals surface area (Å²) in [6.45, 7) is 1.31. The summed E-state index contributed by atoms with van der Waals surface area (Å²) in [5, 5.41) is 1.71. The van der Waals surface area contributed by atoms with Crippen LogP contribution in [0.4, 0.5) is 32.6 Å². The monoisotopic (exact) mass is 787 g/mol. The van der Waals surface area contributed by atoms with Crippen LogP contribution in [0.2, 0.25) is 0 Å². The zero-order valence-corrected chi connectivity index (χ0v) is 30.0. The Kier molecular flexibility index (Phi) is 9.29. The normalized spacial score (nSPS) is 21.7. The van der Waals surface area contributed by atoms with Gasteiger partial charge in [-0.15, -0.1) is 11.3 Å². The lowest BCUT2D eigenvalue weighted by molar-refractivity contribution is -0.127. The molecule has 2 amide bonds. The number of nitrogens with zero attached hydrogens (tertiary/aromatic N) is 8. The minimum absolute atomic E-state index is 0.0206. The van der Waals surface area contributed by atoms with Crippen LogP contribution in [0.3, 0.4) is 0 Å². The van der Waals surface area contributed by atoms with Gasteiger partial charge in [0.1, 0.15) is 52.0 Å². The molecular weight excluding hydrogens is 758 g/mol. The maximum Gasteiger partial charge on any atom is 0.411 e. The number of pyridine rings is 1. The molecule has 0 radical (unpaired) electrons. The highest BCUT2D eigenvalue weighted by molar-refractivity contribution is 7.20. The fourth-order valence-corrected chi connectivity index (χ4v) is 8.96. The number of carbonyl (C=O) groups excluding carboxylic acids is 2. The highest BCUT2D eigenvalue weighted by atomic mass is 32.1. The molecule has 282 valence electrons. The molecule has 5 aromatic rings. The standard InChI is InChI=1S/C34H30F5N9O4S2/c1-46(17-3-7-47(14-17)30(49)21(38)10-22-41-5-8-53-22)29-18-12-42-26(23-19(36)9-20(37)28-27(23)44-33(54-28)52-31(40)50)24(39)25(18)43-32(45-29)51-15-34-4-2-6-48(34)13-16(35)11-34/h5,8-10,12,16-17H,2-4,6-7,11,13-15H2,1H3,(H2,40,50)/b21-10-/t16?,17-,34+/m1/s1. The minimum atomic E-state index is -1.24. The number of benzene rings is 1. The molecule has 1 unspecified atom stereocenters. The number of amides is 2. The second-order valence-electron chi connectivity index (χ2n) is 13.3. The summed E-state index contributed by atoms with van der Waals surface area (Å²) in [6, 6.07) is -0.130. The lowest BCUT2D eigenvalue weighted by Crippen LogP contribution is -2.43. The molecule has 0 spiro atoms. The minimum Gasteiger partial charge on any atom is -0.461 e. The molecule has 3 aliphatic heterocycles. The number of carbonyl (C=O) groups is 2. The van der Waals surface area contributed by atoms with Crippen LogP contribution in [0.1, 0.15) is 30.7 Å². The van der Waals surface area contributed by atoms with Crippen LogP contribution < -0.4 is 20.1 Å². The van der Waals surface area contributed by atoms with Gasteiger partial charge in [-0.25, -0.2) is 36.7 Å². The number of primary amides is 1. The Morgan fingerprint density at radius 2 is 1.96 bits per heavy atom. The van der Waals surface area contributed by atoms with E-state index in [2.05, 4.69) is 24.9 Å². The second-order valence-corrected chi connectivity index (χ2v) is 15.2. The maximum absolute atomic E-state index is 16.8. The van der Waals surface area contributed by atoms with Crippen molar-refractivity contribution in [1.82, 2.24) is 34.7 Å². The van der Waals surface area contributed by atoms with E-state index in [4.69, 9.17) is 15.2 Å². The van der Waals surface area contributed by atoms with Crippen molar-refractivity contribution in [3.63, 3.8) is 0 Å². The Morgan fingerprint density at radius 1 is 1.13 bits per heavy atom. The topological polar surface area (TPSA) is 153 Å². The van der Waals surface area contributed by atoms with Gasteiger partial charge in [-0.05, 0) is 25.8 Å². The van der Waals surface area contributed by atoms with Crippen LogP contribution >= 0.6 is 22.7 Å². The van der Waals surface area contributed by atoms with Crippen molar-refractivity contribution in [2.45, 2.75) is 43.4 Å². The van der Waals surface area contributed by atoms with Crippen molar-refractivity contribution in [2.24, 2.45) is 5.73 Å². The van der Waals surface area contributed by atoms with E-state index in [1.54, 1.807) is 17.3 Å². The number of thiazole rings is 2. The van der Waals surface area contributed by atoms with Crippen molar-refractivity contribution in [3.8, 4) is 22.5 Å². The fraction of sp³-hybridized carbons (Fsp3) is 0.382. The number of anilines is 1. The Bertz CT molecular complexity index is 2330. The van der Waals surface area contributed by atoms with Gasteiger partial charge in [-0.1, -0.05) is 11.3 Å². The predicted octanol–water partition coefficient (Wildman–Crippen LogP) is 5.64. The van der Waals surface area contributed by atoms with E-state index < -0.39 is 69.5 Å². The molecule has 2 N–H and O–H groups in total. The molecule has 0 saturated carbocycles. The van der Waals surface area contributed by atoms with Crippen molar-refractivity contribution in [3.05, 3.63) is 52.1 Å². The van der Waals surface area contributed by atoms with Crippen molar-refractivity contribution in [2.75, 3.05) is 44.7 Å².